The predicted molar refractivity (Wildman–Crippen MR) is 156 cm³/mol. The number of likely N-dealkylation sites (tertiary alicyclic amines) is 1. The number of carbonyl (C=O) groups is 2. The van der Waals surface area contributed by atoms with Crippen LogP contribution < -0.4 is 4.74 Å². The predicted octanol–water partition coefficient (Wildman–Crippen LogP) is 7.00. The van der Waals surface area contributed by atoms with Gasteiger partial charge in [0.15, 0.2) is 11.5 Å². The van der Waals surface area contributed by atoms with Crippen LogP contribution in [0.4, 0.5) is 13.2 Å². The maximum absolute atomic E-state index is 13.8. The number of carbonyl (C=O) groups excluding carboxylic acids is 1. The highest BCUT2D eigenvalue weighted by atomic mass is 35.5. The third-order valence-corrected chi connectivity index (χ3v) is 8.25. The molecule has 1 N–H and O–H groups in total. The SMILES string of the molecule is O=C(O)c1cnn(-c2cccc(-c3cccc(Cl)c3OCc3ccc([C@H]4CCCN(C(=O)C5CC5)C4)cc3)n2)c1C(F)(F)F. The molecular formula is C32H28ClF3N4O4. The van der Waals surface area contributed by atoms with E-state index < -0.39 is 23.4 Å². The molecule has 3 heterocycles. The van der Waals surface area contributed by atoms with Crippen LogP contribution in [0.15, 0.2) is 66.9 Å². The molecule has 1 atom stereocenters. The summed E-state index contributed by atoms with van der Waals surface area (Å²) >= 11 is 6.50. The van der Waals surface area contributed by atoms with E-state index in [2.05, 4.69) is 22.2 Å². The van der Waals surface area contributed by atoms with E-state index in [4.69, 9.17) is 16.3 Å². The van der Waals surface area contributed by atoms with Gasteiger partial charge in [0, 0.05) is 30.5 Å². The summed E-state index contributed by atoms with van der Waals surface area (Å²) in [4.78, 5) is 30.3. The number of ether oxygens (including phenoxy) is 1. The third kappa shape index (κ3) is 6.14. The first-order valence-electron chi connectivity index (χ1n) is 14.3. The Morgan fingerprint density at radius 3 is 2.48 bits per heavy atom. The van der Waals surface area contributed by atoms with Crippen molar-refractivity contribution in [1.82, 2.24) is 19.7 Å². The van der Waals surface area contributed by atoms with Crippen LogP contribution in [0.25, 0.3) is 17.1 Å². The number of hydrogen-bond donors (Lipinski definition) is 1. The summed E-state index contributed by atoms with van der Waals surface area (Å²) in [6.45, 7) is 1.73. The summed E-state index contributed by atoms with van der Waals surface area (Å²) in [5, 5.41) is 13.2. The molecule has 0 unspecified atom stereocenters. The largest absolute Gasteiger partial charge is 0.487 e. The van der Waals surface area contributed by atoms with Gasteiger partial charge in [0.1, 0.15) is 17.9 Å². The Balaban J connectivity index is 1.21. The highest BCUT2D eigenvalue weighted by Gasteiger charge is 2.41. The fraction of sp³-hybridized carbons (Fsp3) is 0.312. The van der Waals surface area contributed by atoms with Gasteiger partial charge in [0.25, 0.3) is 0 Å². The summed E-state index contributed by atoms with van der Waals surface area (Å²) < 4.78 is 48.0. The van der Waals surface area contributed by atoms with Crippen molar-refractivity contribution >= 4 is 23.5 Å². The van der Waals surface area contributed by atoms with Crippen LogP contribution in [-0.4, -0.2) is 49.7 Å². The van der Waals surface area contributed by atoms with E-state index in [-0.39, 0.29) is 40.9 Å². The van der Waals surface area contributed by atoms with Gasteiger partial charge < -0.3 is 14.7 Å². The minimum atomic E-state index is -4.98. The summed E-state index contributed by atoms with van der Waals surface area (Å²) in [7, 11) is 0. The fourth-order valence-corrected chi connectivity index (χ4v) is 5.81. The molecule has 0 spiro atoms. The first-order chi connectivity index (χ1) is 21.1. The highest BCUT2D eigenvalue weighted by Crippen LogP contribution is 2.38. The minimum Gasteiger partial charge on any atom is -0.487 e. The van der Waals surface area contributed by atoms with Crippen LogP contribution in [0.1, 0.15) is 58.8 Å². The van der Waals surface area contributed by atoms with Crippen molar-refractivity contribution < 1.29 is 32.6 Å². The fourth-order valence-electron chi connectivity index (χ4n) is 5.58. The number of alkyl halides is 3. The lowest BCUT2D eigenvalue weighted by atomic mass is 9.90. The number of benzene rings is 2. The topological polar surface area (TPSA) is 97.5 Å². The van der Waals surface area contributed by atoms with Gasteiger partial charge in [-0.1, -0.05) is 48.0 Å². The molecule has 12 heteroatoms. The van der Waals surface area contributed by atoms with Crippen LogP contribution in [0.2, 0.25) is 5.02 Å². The third-order valence-electron chi connectivity index (χ3n) is 7.96. The standard InChI is InChI=1S/C32H28ClF3N4O4/c33-25-6-1-5-23(26-7-2-8-27(38-26)40-29(32(34,35)36)24(16-37-40)31(42)43)28(25)44-18-19-9-11-20(12-10-19)22-4-3-15-39(17-22)30(41)21-13-14-21/h1-2,5-12,16,21-22H,3-4,13-15,17-18H2,(H,42,43)/t22-/m0/s1. The van der Waals surface area contributed by atoms with E-state index in [9.17, 15) is 27.9 Å². The molecule has 0 bridgehead atoms. The molecule has 2 aromatic heterocycles. The van der Waals surface area contributed by atoms with Gasteiger partial charge in [-0.25, -0.2) is 14.5 Å². The Hall–Kier alpha value is -4.38. The molecule has 8 nitrogen and oxygen atoms in total. The smallest absolute Gasteiger partial charge is 0.434 e. The van der Waals surface area contributed by atoms with E-state index in [1.807, 2.05) is 17.0 Å². The normalized spacial score (nSPS) is 17.0. The average molecular weight is 625 g/mol. The number of piperidine rings is 1. The zero-order chi connectivity index (χ0) is 31.0. The summed E-state index contributed by atoms with van der Waals surface area (Å²) in [5.74, 6) is -0.882. The van der Waals surface area contributed by atoms with E-state index in [1.165, 1.54) is 17.7 Å². The van der Waals surface area contributed by atoms with Crippen molar-refractivity contribution in [1.29, 1.82) is 0 Å². The summed E-state index contributed by atoms with van der Waals surface area (Å²) in [6.07, 6.45) is -0.319. The number of hydrogen-bond acceptors (Lipinski definition) is 5. The molecule has 6 rings (SSSR count). The van der Waals surface area contributed by atoms with Crippen molar-refractivity contribution in [2.45, 2.75) is 44.4 Å². The molecule has 228 valence electrons. The molecule has 44 heavy (non-hydrogen) atoms. The molecule has 1 saturated heterocycles. The number of carboxylic acid groups (broad SMARTS) is 1. The Morgan fingerprint density at radius 2 is 1.77 bits per heavy atom. The van der Waals surface area contributed by atoms with Crippen molar-refractivity contribution in [2.24, 2.45) is 5.92 Å². The second-order valence-electron chi connectivity index (χ2n) is 11.0. The zero-order valence-electron chi connectivity index (χ0n) is 23.4. The number of para-hydroxylation sites is 1. The lowest BCUT2D eigenvalue weighted by molar-refractivity contribution is -0.143. The maximum Gasteiger partial charge on any atom is 0.434 e. The number of aromatic nitrogens is 3. The maximum atomic E-state index is 13.8. The Bertz CT molecular complexity index is 1700. The van der Waals surface area contributed by atoms with Gasteiger partial charge in [-0.2, -0.15) is 18.3 Å². The second-order valence-corrected chi connectivity index (χ2v) is 11.5. The van der Waals surface area contributed by atoms with Gasteiger partial charge in [0.2, 0.25) is 5.91 Å². The van der Waals surface area contributed by atoms with Gasteiger partial charge in [0.05, 0.1) is 16.9 Å². The van der Waals surface area contributed by atoms with E-state index in [1.54, 1.807) is 24.3 Å². The van der Waals surface area contributed by atoms with Crippen molar-refractivity contribution in [3.8, 4) is 22.8 Å². The molecule has 0 radical (unpaired) electrons. The number of rotatable bonds is 8. The van der Waals surface area contributed by atoms with Gasteiger partial charge in [-0.15, -0.1) is 0 Å². The lowest BCUT2D eigenvalue weighted by Gasteiger charge is -2.33. The minimum absolute atomic E-state index is 0.174. The Morgan fingerprint density at radius 1 is 1.02 bits per heavy atom. The molecular weight excluding hydrogens is 597 g/mol. The molecule has 2 fully saturated rings. The summed E-state index contributed by atoms with van der Waals surface area (Å²) in [6, 6.07) is 17.4. The van der Waals surface area contributed by atoms with Crippen LogP contribution in [0, 0.1) is 5.92 Å². The lowest BCUT2D eigenvalue weighted by Crippen LogP contribution is -2.39. The van der Waals surface area contributed by atoms with Crippen molar-refractivity contribution in [3.63, 3.8) is 0 Å². The Labute approximate surface area is 256 Å². The molecule has 2 aliphatic rings. The van der Waals surface area contributed by atoms with E-state index in [0.29, 0.717) is 22.2 Å². The van der Waals surface area contributed by atoms with Crippen LogP contribution >= 0.6 is 11.6 Å². The van der Waals surface area contributed by atoms with Crippen molar-refractivity contribution in [3.05, 3.63) is 94.3 Å². The van der Waals surface area contributed by atoms with E-state index >= 15 is 0 Å². The number of halogens is 4. The quantitative estimate of drug-likeness (QED) is 0.227. The van der Waals surface area contributed by atoms with Crippen LogP contribution in [-0.2, 0) is 17.6 Å². The first kappa shape index (κ1) is 29.7. The molecule has 1 aliphatic heterocycles. The zero-order valence-corrected chi connectivity index (χ0v) is 24.2. The van der Waals surface area contributed by atoms with Gasteiger partial charge >= 0.3 is 12.1 Å². The number of pyridine rings is 1. The number of carboxylic acids is 1. The number of aromatic carboxylic acids is 1. The number of amides is 1. The average Bonchev–Trinajstić information content (AvgIpc) is 3.76. The summed E-state index contributed by atoms with van der Waals surface area (Å²) in [5.41, 5.74) is 0.349. The van der Waals surface area contributed by atoms with Gasteiger partial charge in [-0.3, -0.25) is 4.79 Å². The number of nitrogens with zero attached hydrogens (tertiary/aromatic N) is 4. The monoisotopic (exact) mass is 624 g/mol. The highest BCUT2D eigenvalue weighted by molar-refractivity contribution is 6.32. The Kier molecular flexibility index (Phi) is 8.06. The van der Waals surface area contributed by atoms with E-state index in [0.717, 1.165) is 44.3 Å². The van der Waals surface area contributed by atoms with Crippen LogP contribution in [0.3, 0.4) is 0 Å². The van der Waals surface area contributed by atoms with Crippen LogP contribution in [0.5, 0.6) is 5.75 Å². The molecule has 1 amide bonds. The first-order valence-corrected chi connectivity index (χ1v) is 14.6. The second kappa shape index (κ2) is 12.0. The molecule has 4 aromatic rings. The van der Waals surface area contributed by atoms with Crippen molar-refractivity contribution in [2.75, 3.05) is 13.1 Å². The molecule has 1 aliphatic carbocycles. The van der Waals surface area contributed by atoms with Gasteiger partial charge in [-0.05, 0) is 61.1 Å². The molecule has 2 aromatic carbocycles. The molecule has 1 saturated carbocycles.